The second-order valence-corrected chi connectivity index (χ2v) is 9.16. The fourth-order valence-electron chi connectivity index (χ4n) is 4.12. The van der Waals surface area contributed by atoms with E-state index in [0.29, 0.717) is 5.75 Å². The first-order valence-corrected chi connectivity index (χ1v) is 12.4. The monoisotopic (exact) mass is 536 g/mol. The number of esters is 2. The predicted molar refractivity (Wildman–Crippen MR) is 133 cm³/mol. The molecule has 1 aromatic heterocycles. The number of alkyl halides is 3. The molecule has 1 aromatic carbocycles. The Morgan fingerprint density at radius 1 is 1.14 bits per heavy atom. The Bertz CT molecular complexity index is 1180. The van der Waals surface area contributed by atoms with Crippen molar-refractivity contribution in [3.05, 3.63) is 76.8 Å². The molecule has 1 aliphatic heterocycles. The van der Waals surface area contributed by atoms with Gasteiger partial charge in [0.1, 0.15) is 11.4 Å². The number of nitrogens with zero attached hydrogens (tertiary/aromatic N) is 2. The molecule has 0 N–H and O–H groups in total. The van der Waals surface area contributed by atoms with E-state index in [1.165, 1.54) is 31.0 Å². The fraction of sp³-hybridized carbons (Fsp3) is 0.385. The molecule has 0 saturated heterocycles. The van der Waals surface area contributed by atoms with Crippen LogP contribution in [0.2, 0.25) is 0 Å². The summed E-state index contributed by atoms with van der Waals surface area (Å²) in [5, 5.41) is 0. The zero-order valence-corrected chi connectivity index (χ0v) is 21.6. The smallest absolute Gasteiger partial charge is 0.416 e. The Morgan fingerprint density at radius 2 is 1.89 bits per heavy atom. The summed E-state index contributed by atoms with van der Waals surface area (Å²) in [6.07, 6.45) is -1.28. The SMILES string of the molecule is CCOC(SCc1cccnc1)C1=C(C(=O)OC)C(c2cccc(C(F)(F)F)c2)C(C(=O)OC)C(C)=N1. The summed E-state index contributed by atoms with van der Waals surface area (Å²) >= 11 is 1.33. The maximum absolute atomic E-state index is 13.6. The maximum atomic E-state index is 13.6. The summed E-state index contributed by atoms with van der Waals surface area (Å²) in [6.45, 7) is 3.62. The molecule has 7 nitrogen and oxygen atoms in total. The lowest BCUT2D eigenvalue weighted by Gasteiger charge is -2.34. The molecule has 3 atom stereocenters. The van der Waals surface area contributed by atoms with Crippen LogP contribution in [-0.4, -0.2) is 48.9 Å². The minimum absolute atomic E-state index is 0.0556. The quantitative estimate of drug-likeness (QED) is 0.323. The van der Waals surface area contributed by atoms with E-state index in [2.05, 4.69) is 9.98 Å². The minimum atomic E-state index is -4.63. The Kier molecular flexibility index (Phi) is 9.50. The largest absolute Gasteiger partial charge is 0.468 e. The minimum Gasteiger partial charge on any atom is -0.468 e. The van der Waals surface area contributed by atoms with Gasteiger partial charge in [0.2, 0.25) is 0 Å². The van der Waals surface area contributed by atoms with Gasteiger partial charge in [0.25, 0.3) is 0 Å². The number of carbonyl (C=O) groups excluding carboxylic acids is 2. The van der Waals surface area contributed by atoms with Crippen LogP contribution in [0.5, 0.6) is 0 Å². The van der Waals surface area contributed by atoms with Crippen LogP contribution < -0.4 is 0 Å². The van der Waals surface area contributed by atoms with Crippen LogP contribution >= 0.6 is 11.8 Å². The van der Waals surface area contributed by atoms with Crippen molar-refractivity contribution < 1.29 is 37.0 Å². The van der Waals surface area contributed by atoms with Crippen molar-refractivity contribution in [3.63, 3.8) is 0 Å². The van der Waals surface area contributed by atoms with Crippen LogP contribution in [0.15, 0.2) is 65.1 Å². The molecule has 0 bridgehead atoms. The van der Waals surface area contributed by atoms with Crippen molar-refractivity contribution >= 4 is 29.4 Å². The first kappa shape index (κ1) is 28.4. The van der Waals surface area contributed by atoms with Crippen LogP contribution in [0.4, 0.5) is 13.2 Å². The van der Waals surface area contributed by atoms with Gasteiger partial charge in [-0.05, 0) is 37.1 Å². The zero-order valence-electron chi connectivity index (χ0n) is 20.7. The van der Waals surface area contributed by atoms with Crippen molar-refractivity contribution in [3.8, 4) is 0 Å². The first-order valence-electron chi connectivity index (χ1n) is 11.4. The highest BCUT2D eigenvalue weighted by molar-refractivity contribution is 7.99. The maximum Gasteiger partial charge on any atom is 0.416 e. The molecule has 2 heterocycles. The first-order chi connectivity index (χ1) is 17.6. The van der Waals surface area contributed by atoms with Gasteiger partial charge >= 0.3 is 18.1 Å². The molecule has 37 heavy (non-hydrogen) atoms. The normalized spacial score (nSPS) is 18.7. The molecule has 3 unspecified atom stereocenters. The van der Waals surface area contributed by atoms with Crippen molar-refractivity contribution in [2.75, 3.05) is 20.8 Å². The van der Waals surface area contributed by atoms with Crippen LogP contribution in [0.1, 0.15) is 36.5 Å². The Hall–Kier alpha value is -3.18. The number of thioether (sulfide) groups is 1. The molecule has 198 valence electrons. The van der Waals surface area contributed by atoms with Gasteiger partial charge in [0, 0.05) is 36.4 Å². The van der Waals surface area contributed by atoms with Crippen LogP contribution in [0.25, 0.3) is 0 Å². The summed E-state index contributed by atoms with van der Waals surface area (Å²) < 4.78 is 56.7. The molecule has 0 aliphatic carbocycles. The molecule has 11 heteroatoms. The highest BCUT2D eigenvalue weighted by Crippen LogP contribution is 2.44. The Morgan fingerprint density at radius 3 is 2.49 bits per heavy atom. The molecule has 0 amide bonds. The molecular formula is C26H27F3N2O5S. The van der Waals surface area contributed by atoms with Crippen LogP contribution in [0.3, 0.4) is 0 Å². The fourth-order valence-corrected chi connectivity index (χ4v) is 5.21. The van der Waals surface area contributed by atoms with Gasteiger partial charge in [-0.2, -0.15) is 13.2 Å². The van der Waals surface area contributed by atoms with Gasteiger partial charge in [-0.15, -0.1) is 11.8 Å². The number of pyridine rings is 1. The van der Waals surface area contributed by atoms with E-state index in [-0.39, 0.29) is 29.2 Å². The number of carbonyl (C=O) groups is 2. The standard InChI is InChI=1S/C26H27F3N2O5S/c1-5-36-25(37-14-16-8-7-11-30-13-16)22-21(24(33)35-4)20(19(15(2)31-22)23(32)34-3)17-9-6-10-18(12-17)26(27,28)29/h6-13,19-20,25H,5,14H2,1-4H3. The lowest BCUT2D eigenvalue weighted by atomic mass is 9.75. The summed E-state index contributed by atoms with van der Waals surface area (Å²) in [5.74, 6) is -3.39. The number of aromatic nitrogens is 1. The van der Waals surface area contributed by atoms with Gasteiger partial charge < -0.3 is 14.2 Å². The molecule has 3 rings (SSSR count). The number of hydrogen-bond donors (Lipinski definition) is 0. The number of aliphatic imine (C=N–C) groups is 1. The second-order valence-electron chi connectivity index (χ2n) is 8.10. The van der Waals surface area contributed by atoms with Gasteiger partial charge in [-0.25, -0.2) is 4.79 Å². The molecule has 0 spiro atoms. The number of benzene rings is 1. The average Bonchev–Trinajstić information content (AvgIpc) is 2.89. The topological polar surface area (TPSA) is 87.1 Å². The predicted octanol–water partition coefficient (Wildman–Crippen LogP) is 5.17. The van der Waals surface area contributed by atoms with Gasteiger partial charge in [0.15, 0.2) is 0 Å². The summed E-state index contributed by atoms with van der Waals surface area (Å²) in [7, 11) is 2.33. The number of methoxy groups -OCH3 is 2. The van der Waals surface area contributed by atoms with Crippen molar-refractivity contribution in [1.82, 2.24) is 4.98 Å². The van der Waals surface area contributed by atoms with E-state index in [1.54, 1.807) is 32.3 Å². The van der Waals surface area contributed by atoms with Crippen LogP contribution in [0, 0.1) is 5.92 Å². The highest BCUT2D eigenvalue weighted by Gasteiger charge is 2.45. The summed E-state index contributed by atoms with van der Waals surface area (Å²) in [4.78, 5) is 34.7. The second kappa shape index (κ2) is 12.4. The molecule has 1 aliphatic rings. The van der Waals surface area contributed by atoms with Crippen LogP contribution in [-0.2, 0) is 35.7 Å². The molecule has 0 radical (unpaired) electrons. The zero-order chi connectivity index (χ0) is 27.2. The third kappa shape index (κ3) is 6.58. The number of hydrogen-bond acceptors (Lipinski definition) is 8. The van der Waals surface area contributed by atoms with E-state index in [0.717, 1.165) is 24.8 Å². The van der Waals surface area contributed by atoms with Crippen molar-refractivity contribution in [2.45, 2.75) is 37.1 Å². The van der Waals surface area contributed by atoms with E-state index < -0.39 is 41.0 Å². The van der Waals surface area contributed by atoms with Gasteiger partial charge in [0.05, 0.1) is 31.1 Å². The van der Waals surface area contributed by atoms with E-state index in [4.69, 9.17) is 14.2 Å². The molecular weight excluding hydrogens is 509 g/mol. The van der Waals surface area contributed by atoms with E-state index in [1.807, 2.05) is 6.07 Å². The van der Waals surface area contributed by atoms with E-state index in [9.17, 15) is 22.8 Å². The number of halogens is 3. The number of ether oxygens (including phenoxy) is 3. The lowest BCUT2D eigenvalue weighted by Crippen LogP contribution is -2.38. The molecule has 2 aromatic rings. The van der Waals surface area contributed by atoms with Crippen molar-refractivity contribution in [1.29, 1.82) is 0 Å². The highest BCUT2D eigenvalue weighted by atomic mass is 32.2. The molecule has 0 saturated carbocycles. The Labute approximate surface area is 217 Å². The van der Waals surface area contributed by atoms with Gasteiger partial charge in [-0.3, -0.25) is 14.8 Å². The third-order valence-electron chi connectivity index (χ3n) is 5.77. The number of rotatable bonds is 9. The summed E-state index contributed by atoms with van der Waals surface area (Å²) in [5.41, 5.74) is -0.278. The van der Waals surface area contributed by atoms with Crippen molar-refractivity contribution in [2.24, 2.45) is 10.9 Å². The molecule has 0 fully saturated rings. The van der Waals surface area contributed by atoms with E-state index >= 15 is 0 Å². The lowest BCUT2D eigenvalue weighted by molar-refractivity contribution is -0.143. The Balaban J connectivity index is 2.21. The third-order valence-corrected chi connectivity index (χ3v) is 6.93. The average molecular weight is 537 g/mol. The van der Waals surface area contributed by atoms with Gasteiger partial charge in [-0.1, -0.05) is 24.3 Å². The summed E-state index contributed by atoms with van der Waals surface area (Å²) in [6, 6.07) is 8.20.